The average Bonchev–Trinajstić information content (AvgIpc) is 3.10. The van der Waals surface area contributed by atoms with Crippen LogP contribution < -0.4 is 9.64 Å². The number of amides is 1. The van der Waals surface area contributed by atoms with E-state index in [1.54, 1.807) is 19.2 Å². The number of aryl methyl sites for hydroxylation is 3. The van der Waals surface area contributed by atoms with Gasteiger partial charge in [-0.1, -0.05) is 49.7 Å². The van der Waals surface area contributed by atoms with E-state index >= 15 is 0 Å². The van der Waals surface area contributed by atoms with Gasteiger partial charge >= 0.3 is 0 Å². The van der Waals surface area contributed by atoms with Crippen LogP contribution >= 0.6 is 0 Å². The van der Waals surface area contributed by atoms with Crippen LogP contribution in [0.15, 0.2) is 60.2 Å². The van der Waals surface area contributed by atoms with E-state index in [4.69, 9.17) is 4.74 Å². The summed E-state index contributed by atoms with van der Waals surface area (Å²) in [7, 11) is 1.60. The Hall–Kier alpha value is -4.06. The summed E-state index contributed by atoms with van der Waals surface area (Å²) in [4.78, 5) is 28.2. The molecule has 6 nitrogen and oxygen atoms in total. The summed E-state index contributed by atoms with van der Waals surface area (Å²) < 4.78 is 5.53. The van der Waals surface area contributed by atoms with Gasteiger partial charge in [0.25, 0.3) is 11.7 Å². The number of Topliss-reactive ketones (excluding diaryl/α,β-unsaturated/α-hetero) is 1. The van der Waals surface area contributed by atoms with Crippen LogP contribution in [0.1, 0.15) is 59.2 Å². The van der Waals surface area contributed by atoms with Crippen LogP contribution in [0.4, 0.5) is 5.69 Å². The van der Waals surface area contributed by atoms with E-state index in [2.05, 4.69) is 0 Å². The lowest BCUT2D eigenvalue weighted by Gasteiger charge is -2.27. The molecular formula is C30H31NO5. The van der Waals surface area contributed by atoms with Crippen LogP contribution in [0.25, 0.3) is 5.76 Å². The lowest BCUT2D eigenvalue weighted by molar-refractivity contribution is -0.132. The molecule has 0 bridgehead atoms. The summed E-state index contributed by atoms with van der Waals surface area (Å²) in [6.07, 6.45) is 0. The fourth-order valence-corrected chi connectivity index (χ4v) is 4.79. The maximum Gasteiger partial charge on any atom is 0.300 e. The van der Waals surface area contributed by atoms with Crippen LogP contribution in [0.2, 0.25) is 0 Å². The van der Waals surface area contributed by atoms with Crippen molar-refractivity contribution in [2.45, 2.75) is 46.6 Å². The van der Waals surface area contributed by atoms with Gasteiger partial charge in [0.2, 0.25) is 0 Å². The second-order valence-corrected chi connectivity index (χ2v) is 9.64. The quantitative estimate of drug-likeness (QED) is 0.260. The Bertz CT molecular complexity index is 1400. The van der Waals surface area contributed by atoms with Crippen molar-refractivity contribution < 1.29 is 24.5 Å². The van der Waals surface area contributed by atoms with Crippen molar-refractivity contribution in [1.82, 2.24) is 0 Å². The third-order valence-electron chi connectivity index (χ3n) is 6.65. The van der Waals surface area contributed by atoms with Crippen molar-refractivity contribution in [2.75, 3.05) is 12.0 Å². The first kappa shape index (κ1) is 25.0. The lowest BCUT2D eigenvalue weighted by Crippen LogP contribution is -2.29. The second-order valence-electron chi connectivity index (χ2n) is 9.64. The number of aromatic hydroxyl groups is 1. The Labute approximate surface area is 211 Å². The molecule has 4 rings (SSSR count). The van der Waals surface area contributed by atoms with E-state index in [9.17, 15) is 19.8 Å². The van der Waals surface area contributed by atoms with Gasteiger partial charge in [-0.25, -0.2) is 0 Å². The van der Waals surface area contributed by atoms with E-state index in [1.807, 2.05) is 71.0 Å². The van der Waals surface area contributed by atoms with Gasteiger partial charge < -0.3 is 14.9 Å². The van der Waals surface area contributed by atoms with Crippen molar-refractivity contribution >= 4 is 23.1 Å². The van der Waals surface area contributed by atoms with Gasteiger partial charge in [-0.2, -0.15) is 0 Å². The van der Waals surface area contributed by atoms with Gasteiger partial charge in [-0.05, 0) is 73.2 Å². The molecule has 6 heteroatoms. The number of ether oxygens (including phenoxy) is 1. The van der Waals surface area contributed by atoms with Crippen molar-refractivity contribution in [3.63, 3.8) is 0 Å². The maximum atomic E-state index is 13.5. The van der Waals surface area contributed by atoms with Crippen LogP contribution in [0.5, 0.6) is 11.5 Å². The standard InChI is InChI=1S/C30H31NO5/c1-16(2)21-15-22(19(5)14-25(21)36-6)28(33)26-27(20-9-7-8-17(3)12-20)31(30(35)29(26)34)23-13-18(4)10-11-24(23)32/h7-16,27,32-33H,1-6H3/b28-26+. The third-order valence-corrected chi connectivity index (χ3v) is 6.65. The molecule has 36 heavy (non-hydrogen) atoms. The Morgan fingerprint density at radius 2 is 1.67 bits per heavy atom. The van der Waals surface area contributed by atoms with Gasteiger partial charge in [-0.3, -0.25) is 14.5 Å². The number of phenols is 1. The molecule has 1 amide bonds. The molecule has 3 aromatic carbocycles. The number of rotatable bonds is 5. The molecule has 1 saturated heterocycles. The maximum absolute atomic E-state index is 13.5. The number of hydrogen-bond donors (Lipinski definition) is 2. The molecule has 0 aromatic heterocycles. The molecule has 3 aromatic rings. The number of methoxy groups -OCH3 is 1. The molecule has 1 fully saturated rings. The zero-order chi connectivity index (χ0) is 26.3. The van der Waals surface area contributed by atoms with Crippen LogP contribution in [0, 0.1) is 20.8 Å². The summed E-state index contributed by atoms with van der Waals surface area (Å²) in [6, 6.07) is 15.1. The van der Waals surface area contributed by atoms with E-state index < -0.39 is 17.7 Å². The zero-order valence-electron chi connectivity index (χ0n) is 21.4. The van der Waals surface area contributed by atoms with Gasteiger partial charge in [0.15, 0.2) is 0 Å². The number of phenolic OH excluding ortho intramolecular Hbond substituents is 1. The van der Waals surface area contributed by atoms with Crippen molar-refractivity contribution in [1.29, 1.82) is 0 Å². The number of aliphatic hydroxyl groups excluding tert-OH is 1. The van der Waals surface area contributed by atoms with Crippen molar-refractivity contribution in [3.05, 3.63) is 93.6 Å². The van der Waals surface area contributed by atoms with Gasteiger partial charge in [0.05, 0.1) is 24.4 Å². The third kappa shape index (κ3) is 4.24. The summed E-state index contributed by atoms with van der Waals surface area (Å²) in [5.41, 5.74) is 4.67. The largest absolute Gasteiger partial charge is 0.507 e. The minimum absolute atomic E-state index is 0.0190. The van der Waals surface area contributed by atoms with Crippen LogP contribution in [0.3, 0.4) is 0 Å². The summed E-state index contributed by atoms with van der Waals surface area (Å²) in [6.45, 7) is 9.62. The normalized spacial score (nSPS) is 17.2. The monoisotopic (exact) mass is 485 g/mol. The Balaban J connectivity index is 2.03. The van der Waals surface area contributed by atoms with Crippen molar-refractivity contribution in [2.24, 2.45) is 0 Å². The number of aliphatic hydroxyl groups is 1. The predicted molar refractivity (Wildman–Crippen MR) is 141 cm³/mol. The highest BCUT2D eigenvalue weighted by Gasteiger charge is 2.48. The molecule has 1 aliphatic rings. The highest BCUT2D eigenvalue weighted by atomic mass is 16.5. The number of hydrogen-bond acceptors (Lipinski definition) is 5. The Morgan fingerprint density at radius 3 is 2.31 bits per heavy atom. The molecule has 0 aliphatic carbocycles. The number of ketones is 1. The first-order valence-electron chi connectivity index (χ1n) is 11.9. The minimum Gasteiger partial charge on any atom is -0.507 e. The molecule has 1 aliphatic heterocycles. The summed E-state index contributed by atoms with van der Waals surface area (Å²) in [5, 5.41) is 22.3. The molecule has 186 valence electrons. The number of benzene rings is 3. The topological polar surface area (TPSA) is 87.1 Å². The summed E-state index contributed by atoms with van der Waals surface area (Å²) in [5.74, 6) is -1.19. The van der Waals surface area contributed by atoms with E-state index in [0.29, 0.717) is 22.4 Å². The molecule has 0 saturated carbocycles. The molecular weight excluding hydrogens is 454 g/mol. The first-order valence-corrected chi connectivity index (χ1v) is 11.9. The Morgan fingerprint density at radius 1 is 0.972 bits per heavy atom. The van der Waals surface area contributed by atoms with Crippen LogP contribution in [-0.4, -0.2) is 29.0 Å². The lowest BCUT2D eigenvalue weighted by atomic mass is 9.90. The van der Waals surface area contributed by atoms with E-state index in [-0.39, 0.29) is 28.7 Å². The molecule has 0 radical (unpaired) electrons. The first-order chi connectivity index (χ1) is 17.0. The summed E-state index contributed by atoms with van der Waals surface area (Å²) >= 11 is 0. The number of carbonyl (C=O) groups is 2. The highest BCUT2D eigenvalue weighted by molar-refractivity contribution is 6.52. The minimum atomic E-state index is -0.915. The second kappa shape index (κ2) is 9.53. The number of anilines is 1. The van der Waals surface area contributed by atoms with Gasteiger partial charge in [-0.15, -0.1) is 0 Å². The molecule has 0 spiro atoms. The smallest absolute Gasteiger partial charge is 0.300 e. The average molecular weight is 486 g/mol. The molecule has 1 unspecified atom stereocenters. The highest BCUT2D eigenvalue weighted by Crippen LogP contribution is 2.46. The fraction of sp³-hybridized carbons (Fsp3) is 0.267. The van der Waals surface area contributed by atoms with E-state index in [0.717, 1.165) is 16.7 Å². The molecule has 1 heterocycles. The SMILES string of the molecule is COc1cc(C)c(/C(O)=C2\C(=O)C(=O)N(c3cc(C)ccc3O)C2c2cccc(C)c2)cc1C(C)C. The van der Waals surface area contributed by atoms with E-state index in [1.165, 1.54) is 11.0 Å². The van der Waals surface area contributed by atoms with Gasteiger partial charge in [0.1, 0.15) is 17.3 Å². The van der Waals surface area contributed by atoms with Gasteiger partial charge in [0, 0.05) is 5.56 Å². The molecule has 1 atom stereocenters. The fourth-order valence-electron chi connectivity index (χ4n) is 4.79. The van der Waals surface area contributed by atoms with Crippen molar-refractivity contribution in [3.8, 4) is 11.5 Å². The number of nitrogens with zero attached hydrogens (tertiary/aromatic N) is 1. The zero-order valence-corrected chi connectivity index (χ0v) is 21.4. The Kier molecular flexibility index (Phi) is 6.63. The molecule has 2 N–H and O–H groups in total. The van der Waals surface area contributed by atoms with Crippen LogP contribution in [-0.2, 0) is 9.59 Å². The number of carbonyl (C=O) groups excluding carboxylic acids is 2. The predicted octanol–water partition coefficient (Wildman–Crippen LogP) is 6.08.